The van der Waals surface area contributed by atoms with Crippen molar-refractivity contribution < 1.29 is 14.3 Å². The van der Waals surface area contributed by atoms with Gasteiger partial charge in [0, 0.05) is 32.2 Å². The first-order valence-corrected chi connectivity index (χ1v) is 9.50. The molecule has 2 unspecified atom stereocenters. The number of carbonyl (C=O) groups is 2. The van der Waals surface area contributed by atoms with Gasteiger partial charge >= 0.3 is 0 Å². The summed E-state index contributed by atoms with van der Waals surface area (Å²) < 4.78 is 5.80. The standard InChI is InChI=1S/C20H29N3O3/c1-14-5-4-6-18(13-14)26-16(3)20(25)23-11-9-22(10-12-23)15(2)19(24)21-17-7-8-17/h4-6,13,15-17H,7-12H2,1-3H3,(H,21,24). The van der Waals surface area contributed by atoms with Crippen LogP contribution in [0.1, 0.15) is 32.3 Å². The van der Waals surface area contributed by atoms with Crippen molar-refractivity contribution in [1.29, 1.82) is 0 Å². The zero-order valence-corrected chi connectivity index (χ0v) is 15.9. The Morgan fingerprint density at radius 3 is 2.46 bits per heavy atom. The van der Waals surface area contributed by atoms with Crippen LogP contribution in [0.5, 0.6) is 5.75 Å². The van der Waals surface area contributed by atoms with Crippen LogP contribution >= 0.6 is 0 Å². The highest BCUT2D eigenvalue weighted by Gasteiger charge is 2.32. The quantitative estimate of drug-likeness (QED) is 0.838. The molecule has 2 aliphatic rings. The van der Waals surface area contributed by atoms with E-state index in [4.69, 9.17) is 4.74 Å². The van der Waals surface area contributed by atoms with E-state index in [1.165, 1.54) is 0 Å². The molecule has 1 aliphatic heterocycles. The van der Waals surface area contributed by atoms with E-state index in [2.05, 4.69) is 10.2 Å². The van der Waals surface area contributed by atoms with Crippen molar-refractivity contribution in [2.75, 3.05) is 26.2 Å². The van der Waals surface area contributed by atoms with Gasteiger partial charge in [-0.05, 0) is 51.3 Å². The maximum absolute atomic E-state index is 12.7. The number of nitrogens with zero attached hydrogens (tertiary/aromatic N) is 2. The first kappa shape index (κ1) is 18.7. The number of amides is 2. The number of nitrogens with one attached hydrogen (secondary N) is 1. The van der Waals surface area contributed by atoms with E-state index in [0.717, 1.165) is 24.2 Å². The molecule has 1 aromatic rings. The summed E-state index contributed by atoms with van der Waals surface area (Å²) in [7, 11) is 0. The molecule has 0 bridgehead atoms. The third-order valence-corrected chi connectivity index (χ3v) is 5.13. The highest BCUT2D eigenvalue weighted by atomic mass is 16.5. The zero-order chi connectivity index (χ0) is 18.7. The molecule has 1 heterocycles. The van der Waals surface area contributed by atoms with Crippen molar-refractivity contribution in [2.24, 2.45) is 0 Å². The SMILES string of the molecule is Cc1cccc(OC(C)C(=O)N2CCN(C(C)C(=O)NC3CC3)CC2)c1. The predicted molar refractivity (Wildman–Crippen MR) is 100 cm³/mol. The predicted octanol–water partition coefficient (Wildman–Crippen LogP) is 1.57. The maximum atomic E-state index is 12.7. The number of aryl methyl sites for hydroxylation is 1. The number of piperazine rings is 1. The van der Waals surface area contributed by atoms with Gasteiger partial charge < -0.3 is 15.0 Å². The molecule has 1 saturated carbocycles. The van der Waals surface area contributed by atoms with E-state index >= 15 is 0 Å². The second kappa shape index (κ2) is 8.08. The van der Waals surface area contributed by atoms with Crippen LogP contribution in [-0.4, -0.2) is 66.0 Å². The van der Waals surface area contributed by atoms with Gasteiger partial charge in [-0.2, -0.15) is 0 Å². The number of hydrogen-bond donors (Lipinski definition) is 1. The van der Waals surface area contributed by atoms with Crippen LogP contribution < -0.4 is 10.1 Å². The second-order valence-electron chi connectivity index (χ2n) is 7.40. The number of benzene rings is 1. The minimum atomic E-state index is -0.515. The van der Waals surface area contributed by atoms with Gasteiger partial charge in [-0.1, -0.05) is 12.1 Å². The molecule has 0 aromatic heterocycles. The molecule has 26 heavy (non-hydrogen) atoms. The Labute approximate surface area is 155 Å². The largest absolute Gasteiger partial charge is 0.481 e. The van der Waals surface area contributed by atoms with Crippen LogP contribution in [0.25, 0.3) is 0 Å². The molecule has 1 N–H and O–H groups in total. The first-order valence-electron chi connectivity index (χ1n) is 9.50. The molecule has 142 valence electrons. The molecule has 1 aliphatic carbocycles. The molecule has 2 amide bonds. The van der Waals surface area contributed by atoms with Crippen molar-refractivity contribution in [3.63, 3.8) is 0 Å². The van der Waals surface area contributed by atoms with Crippen molar-refractivity contribution in [3.8, 4) is 5.75 Å². The van der Waals surface area contributed by atoms with Crippen LogP contribution in [0.2, 0.25) is 0 Å². The fourth-order valence-corrected chi connectivity index (χ4v) is 3.25. The van der Waals surface area contributed by atoms with Gasteiger partial charge in [-0.3, -0.25) is 14.5 Å². The van der Waals surface area contributed by atoms with Gasteiger partial charge in [0.15, 0.2) is 6.10 Å². The average molecular weight is 359 g/mol. The van der Waals surface area contributed by atoms with Gasteiger partial charge in [0.05, 0.1) is 6.04 Å². The lowest BCUT2D eigenvalue weighted by atomic mass is 10.2. The molecular formula is C20H29N3O3. The number of ether oxygens (including phenoxy) is 1. The molecular weight excluding hydrogens is 330 g/mol. The number of rotatable bonds is 6. The molecule has 1 aromatic carbocycles. The fraction of sp³-hybridized carbons (Fsp3) is 0.600. The van der Waals surface area contributed by atoms with Crippen molar-refractivity contribution in [3.05, 3.63) is 29.8 Å². The van der Waals surface area contributed by atoms with Gasteiger partial charge in [0.1, 0.15) is 5.75 Å². The fourth-order valence-electron chi connectivity index (χ4n) is 3.25. The second-order valence-corrected chi connectivity index (χ2v) is 7.40. The highest BCUT2D eigenvalue weighted by molar-refractivity contribution is 5.82. The topological polar surface area (TPSA) is 61.9 Å². The Hall–Kier alpha value is -2.08. The molecule has 0 radical (unpaired) electrons. The summed E-state index contributed by atoms with van der Waals surface area (Å²) in [6.07, 6.45) is 1.68. The highest BCUT2D eigenvalue weighted by Crippen LogP contribution is 2.19. The Morgan fingerprint density at radius 1 is 1.15 bits per heavy atom. The molecule has 2 atom stereocenters. The Balaban J connectivity index is 1.47. The summed E-state index contributed by atoms with van der Waals surface area (Å²) in [5, 5.41) is 3.05. The third kappa shape index (κ3) is 4.75. The Kier molecular flexibility index (Phi) is 5.81. The number of hydrogen-bond acceptors (Lipinski definition) is 4. The molecule has 6 nitrogen and oxygen atoms in total. The summed E-state index contributed by atoms with van der Waals surface area (Å²) in [4.78, 5) is 28.8. The van der Waals surface area contributed by atoms with Crippen LogP contribution in [0.4, 0.5) is 0 Å². The Morgan fingerprint density at radius 2 is 1.85 bits per heavy atom. The minimum absolute atomic E-state index is 0.00115. The molecule has 3 rings (SSSR count). The van der Waals surface area contributed by atoms with Gasteiger partial charge in [-0.25, -0.2) is 0 Å². The monoisotopic (exact) mass is 359 g/mol. The summed E-state index contributed by atoms with van der Waals surface area (Å²) >= 11 is 0. The van der Waals surface area contributed by atoms with Gasteiger partial charge in [0.25, 0.3) is 5.91 Å². The lowest BCUT2D eigenvalue weighted by Crippen LogP contribution is -2.56. The van der Waals surface area contributed by atoms with Crippen molar-refractivity contribution >= 4 is 11.8 Å². The normalized spacial score (nSPS) is 20.3. The summed E-state index contributed by atoms with van der Waals surface area (Å²) in [6.45, 7) is 8.41. The maximum Gasteiger partial charge on any atom is 0.263 e. The van der Waals surface area contributed by atoms with E-state index in [0.29, 0.717) is 32.2 Å². The minimum Gasteiger partial charge on any atom is -0.481 e. The van der Waals surface area contributed by atoms with Crippen LogP contribution in [0, 0.1) is 6.92 Å². The van der Waals surface area contributed by atoms with Crippen LogP contribution in [0.3, 0.4) is 0 Å². The van der Waals surface area contributed by atoms with Crippen molar-refractivity contribution in [2.45, 2.75) is 51.8 Å². The van der Waals surface area contributed by atoms with Crippen LogP contribution in [-0.2, 0) is 9.59 Å². The smallest absolute Gasteiger partial charge is 0.263 e. The first-order chi connectivity index (χ1) is 12.4. The summed E-state index contributed by atoms with van der Waals surface area (Å²) in [5.74, 6) is 0.819. The Bertz CT molecular complexity index is 651. The molecule has 1 saturated heterocycles. The van der Waals surface area contributed by atoms with Crippen molar-refractivity contribution in [1.82, 2.24) is 15.1 Å². The van der Waals surface area contributed by atoms with Crippen LogP contribution in [0.15, 0.2) is 24.3 Å². The zero-order valence-electron chi connectivity index (χ0n) is 15.9. The molecule has 0 spiro atoms. The van der Waals surface area contributed by atoms with E-state index in [-0.39, 0.29) is 17.9 Å². The van der Waals surface area contributed by atoms with Gasteiger partial charge in [-0.15, -0.1) is 0 Å². The number of carbonyl (C=O) groups excluding carboxylic acids is 2. The lowest BCUT2D eigenvalue weighted by molar-refractivity contribution is -0.140. The van der Waals surface area contributed by atoms with Gasteiger partial charge in [0.2, 0.25) is 5.91 Å². The third-order valence-electron chi connectivity index (χ3n) is 5.13. The summed E-state index contributed by atoms with van der Waals surface area (Å²) in [6, 6.07) is 7.96. The van der Waals surface area contributed by atoms with E-state index in [9.17, 15) is 9.59 Å². The molecule has 6 heteroatoms. The molecule has 2 fully saturated rings. The lowest BCUT2D eigenvalue weighted by Gasteiger charge is -2.38. The van der Waals surface area contributed by atoms with E-state index < -0.39 is 6.10 Å². The van der Waals surface area contributed by atoms with E-state index in [1.807, 2.05) is 43.0 Å². The summed E-state index contributed by atoms with van der Waals surface area (Å²) in [5.41, 5.74) is 1.11. The average Bonchev–Trinajstić information content (AvgIpc) is 3.44. The van der Waals surface area contributed by atoms with E-state index in [1.54, 1.807) is 6.92 Å².